The molecule has 0 saturated carbocycles. The number of carbonyl (C=O) groups excluding carboxylic acids is 2. The zero-order valence-corrected chi connectivity index (χ0v) is 15.6. The van der Waals surface area contributed by atoms with E-state index >= 15 is 0 Å². The number of furan rings is 1. The lowest BCUT2D eigenvalue weighted by Crippen LogP contribution is -2.35. The predicted octanol–water partition coefficient (Wildman–Crippen LogP) is 4.17. The number of halogens is 1. The number of carbonyl (C=O) groups is 2. The molecule has 1 aromatic carbocycles. The number of hydrogen-bond donors (Lipinski definition) is 1. The lowest BCUT2D eigenvalue weighted by Gasteiger charge is -2.16. The van der Waals surface area contributed by atoms with Gasteiger partial charge in [0, 0.05) is 10.4 Å². The number of hydrogen-bond acceptors (Lipinski definition) is 4. The first-order chi connectivity index (χ1) is 11.7. The molecule has 1 heterocycles. The van der Waals surface area contributed by atoms with Gasteiger partial charge in [0.2, 0.25) is 0 Å². The highest BCUT2D eigenvalue weighted by Crippen LogP contribution is 2.22. The van der Waals surface area contributed by atoms with Crippen LogP contribution in [0.25, 0.3) is 0 Å². The topological polar surface area (TPSA) is 68.5 Å². The van der Waals surface area contributed by atoms with Crippen LogP contribution in [0.4, 0.5) is 0 Å². The van der Waals surface area contributed by atoms with Crippen molar-refractivity contribution in [3.05, 3.63) is 52.4 Å². The largest absolute Gasteiger partial charge is 0.486 e. The average molecular weight is 364 g/mol. The Hall–Kier alpha value is -2.27. The first-order valence-electron chi connectivity index (χ1n) is 7.96. The van der Waals surface area contributed by atoms with Crippen molar-refractivity contribution in [2.75, 3.05) is 6.54 Å². The molecule has 25 heavy (non-hydrogen) atoms. The van der Waals surface area contributed by atoms with E-state index < -0.39 is 11.3 Å². The van der Waals surface area contributed by atoms with Crippen molar-refractivity contribution in [3.8, 4) is 5.75 Å². The molecule has 0 bridgehead atoms. The van der Waals surface area contributed by atoms with Gasteiger partial charge in [0.25, 0.3) is 5.91 Å². The van der Waals surface area contributed by atoms with E-state index in [2.05, 4.69) is 5.32 Å². The summed E-state index contributed by atoms with van der Waals surface area (Å²) in [6.07, 6.45) is 0. The molecule has 1 amide bonds. The quantitative estimate of drug-likeness (QED) is 0.836. The molecule has 134 valence electrons. The van der Waals surface area contributed by atoms with Crippen LogP contribution < -0.4 is 10.1 Å². The van der Waals surface area contributed by atoms with Crippen molar-refractivity contribution in [2.24, 2.45) is 5.41 Å². The van der Waals surface area contributed by atoms with E-state index in [0.717, 1.165) is 5.56 Å². The number of ether oxygens (including phenoxy) is 1. The highest BCUT2D eigenvalue weighted by molar-refractivity contribution is 6.31. The fourth-order valence-corrected chi connectivity index (χ4v) is 2.07. The van der Waals surface area contributed by atoms with Gasteiger partial charge in [-0.3, -0.25) is 9.59 Å². The Morgan fingerprint density at radius 1 is 1.20 bits per heavy atom. The average Bonchev–Trinajstić information content (AvgIpc) is 3.01. The molecule has 2 aromatic rings. The lowest BCUT2D eigenvalue weighted by molar-refractivity contribution is -0.125. The summed E-state index contributed by atoms with van der Waals surface area (Å²) in [6.45, 7) is 7.48. The minimum Gasteiger partial charge on any atom is -0.486 e. The number of Topliss-reactive ketones (excluding diaryl/α,β-unsaturated/α-hetero) is 1. The highest BCUT2D eigenvalue weighted by atomic mass is 35.5. The molecule has 1 N–H and O–H groups in total. The van der Waals surface area contributed by atoms with Crippen molar-refractivity contribution in [3.63, 3.8) is 0 Å². The minimum atomic E-state index is -0.494. The van der Waals surface area contributed by atoms with Crippen LogP contribution in [0.5, 0.6) is 5.75 Å². The Morgan fingerprint density at radius 2 is 1.92 bits per heavy atom. The highest BCUT2D eigenvalue weighted by Gasteiger charge is 2.22. The summed E-state index contributed by atoms with van der Waals surface area (Å²) in [5.41, 5.74) is 0.425. The zero-order chi connectivity index (χ0) is 18.6. The molecule has 2 rings (SSSR count). The van der Waals surface area contributed by atoms with Crippen molar-refractivity contribution in [1.29, 1.82) is 0 Å². The van der Waals surface area contributed by atoms with Crippen LogP contribution in [0.2, 0.25) is 5.02 Å². The Balaban J connectivity index is 1.89. The summed E-state index contributed by atoms with van der Waals surface area (Å²) in [5.74, 6) is 0.854. The summed E-state index contributed by atoms with van der Waals surface area (Å²) >= 11 is 5.97. The lowest BCUT2D eigenvalue weighted by atomic mass is 9.91. The van der Waals surface area contributed by atoms with Gasteiger partial charge in [0.1, 0.15) is 18.1 Å². The van der Waals surface area contributed by atoms with Crippen molar-refractivity contribution in [1.82, 2.24) is 5.32 Å². The third-order valence-electron chi connectivity index (χ3n) is 3.64. The summed E-state index contributed by atoms with van der Waals surface area (Å²) in [4.78, 5) is 23.9. The van der Waals surface area contributed by atoms with Gasteiger partial charge in [-0.2, -0.15) is 0 Å². The van der Waals surface area contributed by atoms with Gasteiger partial charge in [0.15, 0.2) is 11.5 Å². The van der Waals surface area contributed by atoms with E-state index in [-0.39, 0.29) is 24.7 Å². The van der Waals surface area contributed by atoms with Crippen molar-refractivity contribution < 1.29 is 18.7 Å². The molecule has 0 unspecified atom stereocenters. The number of ketones is 1. The molecule has 0 spiro atoms. The summed E-state index contributed by atoms with van der Waals surface area (Å²) < 4.78 is 11.1. The van der Waals surface area contributed by atoms with Gasteiger partial charge in [-0.05, 0) is 42.8 Å². The van der Waals surface area contributed by atoms with Gasteiger partial charge in [0.05, 0.1) is 6.54 Å². The first kappa shape index (κ1) is 19.1. The molecular formula is C19H22ClNO4. The molecule has 0 fully saturated rings. The Kier molecular flexibility index (Phi) is 5.90. The van der Waals surface area contributed by atoms with Crippen LogP contribution in [0, 0.1) is 12.3 Å². The Bertz CT molecular complexity index is 774. The maximum absolute atomic E-state index is 12.0. The first-order valence-corrected chi connectivity index (χ1v) is 8.34. The number of benzene rings is 1. The normalized spacial score (nSPS) is 11.2. The second kappa shape index (κ2) is 7.74. The van der Waals surface area contributed by atoms with Crippen LogP contribution in [0.3, 0.4) is 0 Å². The van der Waals surface area contributed by atoms with Gasteiger partial charge < -0.3 is 14.5 Å². The molecule has 0 aliphatic rings. The van der Waals surface area contributed by atoms with E-state index in [4.69, 9.17) is 20.8 Å². The van der Waals surface area contributed by atoms with Gasteiger partial charge in [-0.1, -0.05) is 32.4 Å². The smallest absolute Gasteiger partial charge is 0.287 e. The van der Waals surface area contributed by atoms with Crippen molar-refractivity contribution >= 4 is 23.3 Å². The number of aryl methyl sites for hydroxylation is 1. The summed E-state index contributed by atoms with van der Waals surface area (Å²) in [6, 6.07) is 8.59. The van der Waals surface area contributed by atoms with E-state index in [1.165, 1.54) is 0 Å². The van der Waals surface area contributed by atoms with Gasteiger partial charge in [-0.15, -0.1) is 0 Å². The van der Waals surface area contributed by atoms with Crippen LogP contribution >= 0.6 is 11.6 Å². The third-order valence-corrected chi connectivity index (χ3v) is 4.07. The molecule has 6 heteroatoms. The minimum absolute atomic E-state index is 0.0289. The van der Waals surface area contributed by atoms with Crippen LogP contribution in [-0.2, 0) is 11.4 Å². The summed E-state index contributed by atoms with van der Waals surface area (Å²) in [7, 11) is 0. The van der Waals surface area contributed by atoms with Crippen molar-refractivity contribution in [2.45, 2.75) is 34.3 Å². The summed E-state index contributed by atoms with van der Waals surface area (Å²) in [5, 5.41) is 3.24. The van der Waals surface area contributed by atoms with Gasteiger partial charge >= 0.3 is 0 Å². The monoisotopic (exact) mass is 363 g/mol. The predicted molar refractivity (Wildman–Crippen MR) is 96.0 cm³/mol. The van der Waals surface area contributed by atoms with E-state index in [0.29, 0.717) is 16.5 Å². The molecule has 0 radical (unpaired) electrons. The maximum Gasteiger partial charge on any atom is 0.287 e. The number of nitrogens with one attached hydrogen (secondary N) is 1. The maximum atomic E-state index is 12.0. The van der Waals surface area contributed by atoms with Crippen LogP contribution in [0.15, 0.2) is 34.7 Å². The molecule has 0 atom stereocenters. The number of rotatable bonds is 6. The zero-order valence-electron chi connectivity index (χ0n) is 14.8. The molecule has 1 aromatic heterocycles. The van der Waals surface area contributed by atoms with E-state index in [9.17, 15) is 9.59 Å². The SMILES string of the molecule is Cc1cc(OCc2ccc(C(=O)NCC(=O)C(C)(C)C)o2)ccc1Cl. The van der Waals surface area contributed by atoms with Gasteiger partial charge in [-0.25, -0.2) is 0 Å². The Labute approximate surface area is 152 Å². The second-order valence-corrected chi connectivity index (χ2v) is 7.23. The van der Waals surface area contributed by atoms with E-state index in [1.54, 1.807) is 24.3 Å². The van der Waals surface area contributed by atoms with Crippen LogP contribution in [-0.4, -0.2) is 18.2 Å². The molecular weight excluding hydrogens is 342 g/mol. The molecule has 0 aliphatic carbocycles. The molecule has 0 saturated heterocycles. The second-order valence-electron chi connectivity index (χ2n) is 6.82. The van der Waals surface area contributed by atoms with E-state index in [1.807, 2.05) is 33.8 Å². The fraction of sp³-hybridized carbons (Fsp3) is 0.368. The Morgan fingerprint density at radius 3 is 2.56 bits per heavy atom. The fourth-order valence-electron chi connectivity index (χ4n) is 1.95. The molecule has 5 nitrogen and oxygen atoms in total. The van der Waals surface area contributed by atoms with Crippen LogP contribution in [0.1, 0.15) is 42.6 Å². The standard InChI is InChI=1S/C19H22ClNO4/c1-12-9-13(5-7-15(12)20)24-11-14-6-8-16(25-14)18(23)21-10-17(22)19(2,3)4/h5-9H,10-11H2,1-4H3,(H,21,23). The number of amides is 1. The molecule has 0 aliphatic heterocycles. The third kappa shape index (κ3) is 5.36.